The van der Waals surface area contributed by atoms with Gasteiger partial charge in [0.25, 0.3) is 0 Å². The zero-order valence-corrected chi connectivity index (χ0v) is 16.1. The van der Waals surface area contributed by atoms with Crippen molar-refractivity contribution in [3.8, 4) is 22.3 Å². The summed E-state index contributed by atoms with van der Waals surface area (Å²) in [5, 5.41) is 5.11. The molecule has 0 aliphatic heterocycles. The van der Waals surface area contributed by atoms with Crippen LogP contribution < -0.4 is 9.13 Å². The van der Waals surface area contributed by atoms with Gasteiger partial charge < -0.3 is 0 Å². The van der Waals surface area contributed by atoms with Crippen LogP contribution in [-0.4, -0.2) is 0 Å². The van der Waals surface area contributed by atoms with E-state index in [1.165, 1.54) is 43.8 Å². The van der Waals surface area contributed by atoms with Gasteiger partial charge in [-0.3, -0.25) is 0 Å². The van der Waals surface area contributed by atoms with Gasteiger partial charge in [-0.25, -0.2) is 9.13 Å². The molecule has 0 aliphatic carbocycles. The fourth-order valence-electron chi connectivity index (χ4n) is 4.11. The molecule has 0 fully saturated rings. The van der Waals surface area contributed by atoms with Crippen LogP contribution in [0.3, 0.4) is 0 Å². The summed E-state index contributed by atoms with van der Waals surface area (Å²) in [6, 6.07) is 25.8. The van der Waals surface area contributed by atoms with Crippen molar-refractivity contribution < 1.29 is 9.13 Å². The molecule has 0 unspecified atom stereocenters. The molecule has 134 valence electrons. The van der Waals surface area contributed by atoms with Crippen LogP contribution in [0.2, 0.25) is 0 Å². The van der Waals surface area contributed by atoms with Crippen LogP contribution in [0.25, 0.3) is 43.8 Å². The largest absolute Gasteiger partial charge is 0.207 e. The number of hydrogen-bond acceptors (Lipinski definition) is 0. The first-order valence-electron chi connectivity index (χ1n) is 9.56. The topological polar surface area (TPSA) is 7.76 Å². The quantitative estimate of drug-likeness (QED) is 0.309. The lowest BCUT2D eigenvalue weighted by Gasteiger charge is -2.10. The fourth-order valence-corrected chi connectivity index (χ4v) is 4.11. The average Bonchev–Trinajstić information content (AvgIpc) is 2.74. The summed E-state index contributed by atoms with van der Waals surface area (Å²) in [5.74, 6) is 0. The Hall–Kier alpha value is -3.52. The van der Waals surface area contributed by atoms with Gasteiger partial charge in [-0.1, -0.05) is 72.8 Å². The van der Waals surface area contributed by atoms with Gasteiger partial charge in [-0.15, -0.1) is 0 Å². The molecule has 2 heterocycles. The molecule has 2 nitrogen and oxygen atoms in total. The predicted molar refractivity (Wildman–Crippen MR) is 115 cm³/mol. The van der Waals surface area contributed by atoms with Crippen molar-refractivity contribution in [2.45, 2.75) is 0 Å². The predicted octanol–water partition coefficient (Wildman–Crippen LogP) is 4.98. The van der Waals surface area contributed by atoms with Crippen molar-refractivity contribution in [3.05, 3.63) is 97.6 Å². The minimum atomic E-state index is 1.24. The van der Waals surface area contributed by atoms with Crippen molar-refractivity contribution in [2.75, 3.05) is 0 Å². The monoisotopic (exact) mass is 362 g/mol. The minimum Gasteiger partial charge on any atom is -0.207 e. The smallest absolute Gasteiger partial charge is 0.177 e. The first-order valence-corrected chi connectivity index (χ1v) is 9.56. The second-order valence-electron chi connectivity index (χ2n) is 7.39. The van der Waals surface area contributed by atoms with Gasteiger partial charge in [-0.05, 0) is 11.1 Å². The molecule has 5 rings (SSSR count). The highest BCUT2D eigenvalue weighted by molar-refractivity contribution is 6.13. The number of hydrogen-bond donors (Lipinski definition) is 0. The third-order valence-corrected chi connectivity index (χ3v) is 5.37. The van der Waals surface area contributed by atoms with Crippen molar-refractivity contribution in [1.29, 1.82) is 0 Å². The van der Waals surface area contributed by atoms with E-state index in [0.717, 1.165) is 0 Å². The number of fused-ring (bicyclic) bond motifs is 3. The lowest BCUT2D eigenvalue weighted by Crippen LogP contribution is -2.28. The average molecular weight is 362 g/mol. The Balaban J connectivity index is 1.89. The molecule has 5 aromatic rings. The van der Waals surface area contributed by atoms with E-state index < -0.39 is 0 Å². The molecule has 2 heteroatoms. The van der Waals surface area contributed by atoms with E-state index in [4.69, 9.17) is 0 Å². The van der Waals surface area contributed by atoms with Crippen molar-refractivity contribution in [3.63, 3.8) is 0 Å². The minimum absolute atomic E-state index is 1.24. The highest BCUT2D eigenvalue weighted by atomic mass is 14.9. The molecule has 3 aromatic carbocycles. The molecule has 0 bridgehead atoms. The SMILES string of the molecule is C[n+]1cc(-c2ccccc2)c2ccc3c(-c4ccccc4)c[n+](C)cc3c2c1. The van der Waals surface area contributed by atoms with Crippen LogP contribution in [0, 0.1) is 0 Å². The summed E-state index contributed by atoms with van der Waals surface area (Å²) in [5.41, 5.74) is 5.00. The van der Waals surface area contributed by atoms with Gasteiger partial charge in [0.05, 0.1) is 21.9 Å². The Kier molecular flexibility index (Phi) is 3.91. The second-order valence-corrected chi connectivity index (χ2v) is 7.39. The molecule has 0 atom stereocenters. The van der Waals surface area contributed by atoms with Crippen LogP contribution in [-0.2, 0) is 14.1 Å². The summed E-state index contributed by atoms with van der Waals surface area (Å²) in [6.07, 6.45) is 8.90. The van der Waals surface area contributed by atoms with Crippen LogP contribution in [0.15, 0.2) is 97.6 Å². The molecule has 0 saturated carbocycles. The van der Waals surface area contributed by atoms with Gasteiger partial charge in [0, 0.05) is 10.8 Å². The molecule has 0 radical (unpaired) electrons. The van der Waals surface area contributed by atoms with E-state index >= 15 is 0 Å². The molecule has 0 spiro atoms. The van der Waals surface area contributed by atoms with E-state index in [0.29, 0.717) is 0 Å². The zero-order valence-electron chi connectivity index (χ0n) is 16.1. The molecular formula is C26H22N2+2. The van der Waals surface area contributed by atoms with Crippen LogP contribution in [0.5, 0.6) is 0 Å². The molecule has 0 N–H and O–H groups in total. The molecule has 0 aliphatic rings. The Bertz CT molecular complexity index is 1200. The van der Waals surface area contributed by atoms with Crippen molar-refractivity contribution in [2.24, 2.45) is 14.1 Å². The second kappa shape index (κ2) is 6.58. The van der Waals surface area contributed by atoms with Crippen LogP contribution in [0.1, 0.15) is 0 Å². The molecule has 0 saturated heterocycles. The third-order valence-electron chi connectivity index (χ3n) is 5.37. The van der Waals surface area contributed by atoms with Crippen LogP contribution in [0.4, 0.5) is 0 Å². The molecule has 2 aromatic heterocycles. The highest BCUT2D eigenvalue weighted by Gasteiger charge is 2.17. The standard InChI is InChI=1S/C26H22N2/c1-27-15-23(19-9-5-3-6-10-19)21-13-14-22-24(20-11-7-4-8-12-20)16-28(2)18-26(22)25(21)17-27/h3-18H,1-2H3/q+2. The summed E-state index contributed by atoms with van der Waals surface area (Å²) >= 11 is 0. The Morgan fingerprint density at radius 1 is 0.429 bits per heavy atom. The summed E-state index contributed by atoms with van der Waals surface area (Å²) < 4.78 is 4.33. The molecule has 28 heavy (non-hydrogen) atoms. The summed E-state index contributed by atoms with van der Waals surface area (Å²) in [7, 11) is 4.21. The zero-order chi connectivity index (χ0) is 19.1. The van der Waals surface area contributed by atoms with E-state index in [-0.39, 0.29) is 0 Å². The first kappa shape index (κ1) is 16.6. The lowest BCUT2D eigenvalue weighted by atomic mass is 9.94. The fraction of sp³-hybridized carbons (Fsp3) is 0.0769. The van der Waals surface area contributed by atoms with Gasteiger partial charge >= 0.3 is 0 Å². The maximum Gasteiger partial charge on any atom is 0.177 e. The summed E-state index contributed by atoms with van der Waals surface area (Å²) in [6.45, 7) is 0. The number of nitrogens with zero attached hydrogens (tertiary/aromatic N) is 2. The lowest BCUT2D eigenvalue weighted by molar-refractivity contribution is -0.670. The van der Waals surface area contributed by atoms with Crippen LogP contribution >= 0.6 is 0 Å². The number of rotatable bonds is 2. The summed E-state index contributed by atoms with van der Waals surface area (Å²) in [4.78, 5) is 0. The van der Waals surface area contributed by atoms with E-state index in [1.807, 2.05) is 0 Å². The Morgan fingerprint density at radius 2 is 0.821 bits per heavy atom. The maximum absolute atomic E-state index is 2.27. The van der Waals surface area contributed by atoms with Crippen molar-refractivity contribution >= 4 is 21.5 Å². The number of aromatic nitrogens is 2. The molecular weight excluding hydrogens is 340 g/mol. The van der Waals surface area contributed by atoms with Gasteiger partial charge in [0.15, 0.2) is 24.8 Å². The van der Waals surface area contributed by atoms with E-state index in [9.17, 15) is 0 Å². The maximum atomic E-state index is 2.27. The Morgan fingerprint density at radius 3 is 1.21 bits per heavy atom. The van der Waals surface area contributed by atoms with Gasteiger partial charge in [-0.2, -0.15) is 0 Å². The number of pyridine rings is 2. The third kappa shape index (κ3) is 2.74. The number of benzene rings is 3. The van der Waals surface area contributed by atoms with E-state index in [2.05, 4.69) is 121 Å². The van der Waals surface area contributed by atoms with E-state index in [1.54, 1.807) is 0 Å². The first-order chi connectivity index (χ1) is 13.7. The van der Waals surface area contributed by atoms with Gasteiger partial charge in [0.2, 0.25) is 0 Å². The number of aryl methyl sites for hydroxylation is 2. The van der Waals surface area contributed by atoms with Crippen molar-refractivity contribution in [1.82, 2.24) is 0 Å². The highest BCUT2D eigenvalue weighted by Crippen LogP contribution is 2.35. The molecule has 0 amide bonds. The normalized spacial score (nSPS) is 11.2. The Labute approximate surface area is 164 Å². The van der Waals surface area contributed by atoms with Gasteiger partial charge in [0.1, 0.15) is 14.1 Å².